The van der Waals surface area contributed by atoms with Gasteiger partial charge in [0, 0.05) is 44.4 Å². The molecule has 1 aliphatic carbocycles. The molecular weight excluding hydrogens is 320 g/mol. The molecule has 6 heteroatoms. The lowest BCUT2D eigenvalue weighted by Gasteiger charge is -2.27. The second kappa shape index (κ2) is 6.94. The Bertz CT molecular complexity index is 678. The van der Waals surface area contributed by atoms with E-state index < -0.39 is 0 Å². The van der Waals surface area contributed by atoms with Crippen LogP contribution in [0.1, 0.15) is 35.5 Å². The Labute approximate surface area is 147 Å². The minimum Gasteiger partial charge on any atom is -0.376 e. The van der Waals surface area contributed by atoms with Crippen molar-refractivity contribution in [3.8, 4) is 0 Å². The van der Waals surface area contributed by atoms with Gasteiger partial charge in [0.2, 0.25) is 0 Å². The van der Waals surface area contributed by atoms with Crippen molar-refractivity contribution in [1.29, 1.82) is 0 Å². The zero-order chi connectivity index (χ0) is 16.5. The van der Waals surface area contributed by atoms with Crippen LogP contribution in [-0.4, -0.2) is 45.0 Å². The average Bonchev–Trinajstić information content (AvgIpc) is 2.98. The van der Waals surface area contributed by atoms with Gasteiger partial charge in [-0.1, -0.05) is 0 Å². The Morgan fingerprint density at radius 2 is 2.21 bits per heavy atom. The summed E-state index contributed by atoms with van der Waals surface area (Å²) in [6.45, 7) is 5.04. The van der Waals surface area contributed by atoms with Crippen LogP contribution in [0.4, 0.5) is 0 Å². The molecule has 24 heavy (non-hydrogen) atoms. The van der Waals surface area contributed by atoms with Crippen molar-refractivity contribution < 1.29 is 4.74 Å². The Hall–Kier alpha value is -1.24. The number of hydrogen-bond donors (Lipinski definition) is 0. The van der Waals surface area contributed by atoms with Crippen molar-refractivity contribution in [2.75, 3.05) is 13.2 Å². The Morgan fingerprint density at radius 1 is 1.33 bits per heavy atom. The van der Waals surface area contributed by atoms with Crippen LogP contribution in [0.5, 0.6) is 0 Å². The number of thiazole rings is 1. The lowest BCUT2D eigenvalue weighted by Crippen LogP contribution is -2.38. The Morgan fingerprint density at radius 3 is 2.88 bits per heavy atom. The van der Waals surface area contributed by atoms with E-state index in [2.05, 4.69) is 33.5 Å². The number of likely N-dealkylation sites (tertiary alicyclic amines) is 1. The van der Waals surface area contributed by atoms with Gasteiger partial charge in [0.05, 0.1) is 23.0 Å². The molecule has 5 nitrogen and oxygen atoms in total. The molecule has 2 fully saturated rings. The van der Waals surface area contributed by atoms with Crippen LogP contribution >= 0.6 is 11.3 Å². The number of nitrogens with zero attached hydrogens (tertiary/aromatic N) is 4. The van der Waals surface area contributed by atoms with Gasteiger partial charge in [0.15, 0.2) is 0 Å². The van der Waals surface area contributed by atoms with Crippen molar-refractivity contribution in [2.24, 2.45) is 13.0 Å². The van der Waals surface area contributed by atoms with Gasteiger partial charge in [-0.2, -0.15) is 5.10 Å². The molecule has 2 aromatic heterocycles. The zero-order valence-electron chi connectivity index (χ0n) is 14.5. The summed E-state index contributed by atoms with van der Waals surface area (Å²) < 4.78 is 8.19. The SMILES string of the molecule is Cc1nc(CN2CC[C@@H](OCC3CC3)[C@H]2Cc2cnn(C)c2)cs1. The van der Waals surface area contributed by atoms with E-state index in [0.717, 1.165) is 43.5 Å². The van der Waals surface area contributed by atoms with Gasteiger partial charge in [-0.25, -0.2) is 4.98 Å². The summed E-state index contributed by atoms with van der Waals surface area (Å²) >= 11 is 1.74. The summed E-state index contributed by atoms with van der Waals surface area (Å²) in [5, 5.41) is 7.66. The highest BCUT2D eigenvalue weighted by Crippen LogP contribution is 2.32. The van der Waals surface area contributed by atoms with Crippen molar-refractivity contribution in [3.63, 3.8) is 0 Å². The minimum atomic E-state index is 0.338. The molecule has 0 spiro atoms. The quantitative estimate of drug-likeness (QED) is 0.773. The first-order valence-electron chi connectivity index (χ1n) is 8.91. The first-order valence-corrected chi connectivity index (χ1v) is 9.79. The molecule has 0 amide bonds. The highest BCUT2D eigenvalue weighted by Gasteiger charge is 2.36. The largest absolute Gasteiger partial charge is 0.376 e. The second-order valence-electron chi connectivity index (χ2n) is 7.23. The van der Waals surface area contributed by atoms with Crippen LogP contribution in [0.3, 0.4) is 0 Å². The standard InChI is InChI=1S/C18H26N4OS/c1-13-20-16(12-24-13)10-22-6-5-18(23-11-14-3-4-14)17(22)7-15-8-19-21(2)9-15/h8-9,12,14,17-18H,3-7,10-11H2,1-2H3/t17-,18-/m1/s1. The molecule has 1 saturated carbocycles. The van der Waals surface area contributed by atoms with Crippen LogP contribution < -0.4 is 0 Å². The maximum absolute atomic E-state index is 6.30. The lowest BCUT2D eigenvalue weighted by molar-refractivity contribution is 0.0195. The van der Waals surface area contributed by atoms with E-state index >= 15 is 0 Å². The van der Waals surface area contributed by atoms with E-state index in [1.165, 1.54) is 24.1 Å². The van der Waals surface area contributed by atoms with E-state index in [4.69, 9.17) is 4.74 Å². The van der Waals surface area contributed by atoms with Crippen molar-refractivity contribution in [2.45, 2.75) is 51.3 Å². The number of hydrogen-bond acceptors (Lipinski definition) is 5. The van der Waals surface area contributed by atoms with Gasteiger partial charge in [-0.15, -0.1) is 11.3 Å². The zero-order valence-corrected chi connectivity index (χ0v) is 15.3. The summed E-state index contributed by atoms with van der Waals surface area (Å²) in [5.41, 5.74) is 2.49. The normalized spacial score (nSPS) is 24.8. The fourth-order valence-electron chi connectivity index (χ4n) is 3.59. The van der Waals surface area contributed by atoms with Gasteiger partial charge in [0.1, 0.15) is 0 Å². The van der Waals surface area contributed by atoms with Crippen LogP contribution in [0.15, 0.2) is 17.8 Å². The molecule has 2 aliphatic rings. The van der Waals surface area contributed by atoms with Crippen LogP contribution in [0.2, 0.25) is 0 Å². The smallest absolute Gasteiger partial charge is 0.0897 e. The van der Waals surface area contributed by atoms with Crippen molar-refractivity contribution in [1.82, 2.24) is 19.7 Å². The lowest BCUT2D eigenvalue weighted by atomic mass is 10.0. The molecule has 130 valence electrons. The van der Waals surface area contributed by atoms with Gasteiger partial charge in [-0.3, -0.25) is 9.58 Å². The predicted octanol–water partition coefficient (Wildman–Crippen LogP) is 2.80. The molecule has 0 N–H and O–H groups in total. The first kappa shape index (κ1) is 16.2. The maximum atomic E-state index is 6.30. The van der Waals surface area contributed by atoms with Crippen molar-refractivity contribution >= 4 is 11.3 Å². The number of aryl methyl sites for hydroxylation is 2. The Kier molecular flexibility index (Phi) is 4.70. The van der Waals surface area contributed by atoms with Gasteiger partial charge < -0.3 is 4.74 Å². The van der Waals surface area contributed by atoms with E-state index in [9.17, 15) is 0 Å². The number of ether oxygens (including phenoxy) is 1. The molecule has 0 bridgehead atoms. The molecule has 1 aliphatic heterocycles. The summed E-state index contributed by atoms with van der Waals surface area (Å²) in [6.07, 6.45) is 9.28. The van der Waals surface area contributed by atoms with Gasteiger partial charge in [0.25, 0.3) is 0 Å². The van der Waals surface area contributed by atoms with E-state index in [0.29, 0.717) is 12.1 Å². The number of aromatic nitrogens is 3. The third-order valence-electron chi connectivity index (χ3n) is 5.08. The Balaban J connectivity index is 1.45. The molecule has 1 saturated heterocycles. The number of rotatable bonds is 7. The van der Waals surface area contributed by atoms with E-state index in [1.54, 1.807) is 11.3 Å². The fourth-order valence-corrected chi connectivity index (χ4v) is 4.19. The summed E-state index contributed by atoms with van der Waals surface area (Å²) in [6, 6.07) is 0.426. The van der Waals surface area contributed by atoms with Crippen LogP contribution in [0.25, 0.3) is 0 Å². The molecule has 4 rings (SSSR count). The van der Waals surface area contributed by atoms with E-state index in [1.807, 2.05) is 17.9 Å². The average molecular weight is 346 g/mol. The highest BCUT2D eigenvalue weighted by atomic mass is 32.1. The highest BCUT2D eigenvalue weighted by molar-refractivity contribution is 7.09. The summed E-state index contributed by atoms with van der Waals surface area (Å²) in [4.78, 5) is 7.20. The fraction of sp³-hybridized carbons (Fsp3) is 0.667. The van der Waals surface area contributed by atoms with Crippen LogP contribution in [-0.2, 0) is 24.8 Å². The summed E-state index contributed by atoms with van der Waals surface area (Å²) in [7, 11) is 1.98. The molecule has 0 aromatic carbocycles. The molecule has 0 radical (unpaired) electrons. The first-order chi connectivity index (χ1) is 11.7. The third kappa shape index (κ3) is 3.87. The topological polar surface area (TPSA) is 43.2 Å². The maximum Gasteiger partial charge on any atom is 0.0897 e. The third-order valence-corrected chi connectivity index (χ3v) is 5.90. The van der Waals surface area contributed by atoms with Gasteiger partial charge >= 0.3 is 0 Å². The molecule has 2 atom stereocenters. The van der Waals surface area contributed by atoms with Crippen LogP contribution in [0, 0.1) is 12.8 Å². The summed E-state index contributed by atoms with van der Waals surface area (Å²) in [5.74, 6) is 0.819. The second-order valence-corrected chi connectivity index (χ2v) is 8.29. The minimum absolute atomic E-state index is 0.338. The van der Waals surface area contributed by atoms with Crippen molar-refractivity contribution in [3.05, 3.63) is 34.0 Å². The molecule has 0 unspecified atom stereocenters. The van der Waals surface area contributed by atoms with E-state index in [-0.39, 0.29) is 0 Å². The molecule has 2 aromatic rings. The molecular formula is C18H26N4OS. The monoisotopic (exact) mass is 346 g/mol. The van der Waals surface area contributed by atoms with Gasteiger partial charge in [-0.05, 0) is 44.1 Å². The molecule has 3 heterocycles. The predicted molar refractivity (Wildman–Crippen MR) is 95.0 cm³/mol.